The van der Waals surface area contributed by atoms with E-state index in [4.69, 9.17) is 9.47 Å². The molecule has 0 aliphatic carbocycles. The quantitative estimate of drug-likeness (QED) is 0.568. The molecule has 4 nitrogen and oxygen atoms in total. The predicted molar refractivity (Wildman–Crippen MR) is 97.2 cm³/mol. The highest BCUT2D eigenvalue weighted by Gasteiger charge is 1.95. The predicted octanol–water partition coefficient (Wildman–Crippen LogP) is 3.83. The fourth-order valence-electron chi connectivity index (χ4n) is 2.39. The lowest BCUT2D eigenvalue weighted by Crippen LogP contribution is -2.14. The minimum atomic E-state index is 0.578. The Hall–Kier alpha value is -1.91. The highest BCUT2D eigenvalue weighted by Crippen LogP contribution is 2.05. The SMILES string of the molecule is c1ccc(CNCCCCCCOCCOc2cccnc2)cc1. The molecule has 0 atom stereocenters. The van der Waals surface area contributed by atoms with E-state index in [1.807, 2.05) is 12.1 Å². The average molecular weight is 328 g/mol. The molecule has 0 fully saturated rings. The van der Waals surface area contributed by atoms with Gasteiger partial charge in [0, 0.05) is 19.3 Å². The van der Waals surface area contributed by atoms with Gasteiger partial charge in [-0.3, -0.25) is 4.98 Å². The van der Waals surface area contributed by atoms with Crippen molar-refractivity contribution in [1.82, 2.24) is 10.3 Å². The summed E-state index contributed by atoms with van der Waals surface area (Å²) in [7, 11) is 0. The Labute approximate surface area is 145 Å². The molecule has 1 N–H and O–H groups in total. The number of hydrogen-bond acceptors (Lipinski definition) is 4. The third-order valence-corrected chi connectivity index (χ3v) is 3.69. The van der Waals surface area contributed by atoms with Crippen molar-refractivity contribution >= 4 is 0 Å². The molecule has 0 aliphatic rings. The first-order valence-electron chi connectivity index (χ1n) is 8.80. The fourth-order valence-corrected chi connectivity index (χ4v) is 2.39. The number of rotatable bonds is 13. The van der Waals surface area contributed by atoms with Crippen molar-refractivity contribution in [1.29, 1.82) is 0 Å². The van der Waals surface area contributed by atoms with Crippen LogP contribution in [-0.2, 0) is 11.3 Å². The van der Waals surface area contributed by atoms with Crippen molar-refractivity contribution < 1.29 is 9.47 Å². The summed E-state index contributed by atoms with van der Waals surface area (Å²) in [6.45, 7) is 4.06. The number of hydrogen-bond donors (Lipinski definition) is 1. The summed E-state index contributed by atoms with van der Waals surface area (Å²) in [5.41, 5.74) is 1.35. The number of pyridine rings is 1. The van der Waals surface area contributed by atoms with Crippen LogP contribution in [0.4, 0.5) is 0 Å². The molecule has 2 rings (SSSR count). The van der Waals surface area contributed by atoms with Gasteiger partial charge in [0.25, 0.3) is 0 Å². The van der Waals surface area contributed by atoms with E-state index >= 15 is 0 Å². The smallest absolute Gasteiger partial charge is 0.137 e. The molecule has 2 aromatic rings. The highest BCUT2D eigenvalue weighted by molar-refractivity contribution is 5.15. The Bertz CT molecular complexity index is 470. The first kappa shape index (κ1) is 18.4. The molecule has 0 radical (unpaired) electrons. The number of unbranched alkanes of at least 4 members (excludes halogenated alkanes) is 3. The molecule has 0 aliphatic heterocycles. The Morgan fingerprint density at radius 3 is 2.54 bits per heavy atom. The van der Waals surface area contributed by atoms with Gasteiger partial charge in [0.1, 0.15) is 12.4 Å². The van der Waals surface area contributed by atoms with Gasteiger partial charge < -0.3 is 14.8 Å². The summed E-state index contributed by atoms with van der Waals surface area (Å²) in [6.07, 6.45) is 8.25. The molecular formula is C20H28N2O2. The lowest BCUT2D eigenvalue weighted by molar-refractivity contribution is 0.0970. The van der Waals surface area contributed by atoms with Crippen LogP contribution >= 0.6 is 0 Å². The maximum absolute atomic E-state index is 5.58. The molecule has 1 aromatic carbocycles. The van der Waals surface area contributed by atoms with Crippen LogP contribution < -0.4 is 10.1 Å². The summed E-state index contributed by atoms with van der Waals surface area (Å²) in [6, 6.07) is 14.3. The number of nitrogens with one attached hydrogen (secondary N) is 1. The van der Waals surface area contributed by atoms with E-state index in [1.165, 1.54) is 24.8 Å². The van der Waals surface area contributed by atoms with Crippen LogP contribution in [0.25, 0.3) is 0 Å². The van der Waals surface area contributed by atoms with Crippen LogP contribution in [0.5, 0.6) is 5.75 Å². The van der Waals surface area contributed by atoms with E-state index in [-0.39, 0.29) is 0 Å². The molecule has 4 heteroatoms. The molecule has 0 saturated heterocycles. The van der Waals surface area contributed by atoms with Gasteiger partial charge in [0.05, 0.1) is 12.8 Å². The summed E-state index contributed by atoms with van der Waals surface area (Å²) >= 11 is 0. The first-order chi connectivity index (χ1) is 11.9. The van der Waals surface area contributed by atoms with Crippen molar-refractivity contribution in [2.24, 2.45) is 0 Å². The monoisotopic (exact) mass is 328 g/mol. The topological polar surface area (TPSA) is 43.4 Å². The molecule has 0 saturated carbocycles. The van der Waals surface area contributed by atoms with Crippen molar-refractivity contribution in [2.45, 2.75) is 32.2 Å². The number of aromatic nitrogens is 1. The third kappa shape index (κ3) is 8.65. The second-order valence-corrected chi connectivity index (χ2v) is 5.73. The van der Waals surface area contributed by atoms with Gasteiger partial charge in [-0.15, -0.1) is 0 Å². The minimum Gasteiger partial charge on any atom is -0.490 e. The Kier molecular flexibility index (Phi) is 9.60. The molecule has 0 spiro atoms. The molecule has 1 heterocycles. The van der Waals surface area contributed by atoms with Crippen molar-refractivity contribution in [3.05, 3.63) is 60.4 Å². The van der Waals surface area contributed by atoms with E-state index in [9.17, 15) is 0 Å². The minimum absolute atomic E-state index is 0.578. The van der Waals surface area contributed by atoms with Gasteiger partial charge in [-0.1, -0.05) is 43.2 Å². The van der Waals surface area contributed by atoms with Crippen LogP contribution in [0, 0.1) is 0 Å². The van der Waals surface area contributed by atoms with Crippen LogP contribution in [0.1, 0.15) is 31.2 Å². The van der Waals surface area contributed by atoms with E-state index in [2.05, 4.69) is 40.6 Å². The summed E-state index contributed by atoms with van der Waals surface area (Å²) in [5.74, 6) is 0.795. The molecule has 130 valence electrons. The van der Waals surface area contributed by atoms with Crippen molar-refractivity contribution in [2.75, 3.05) is 26.4 Å². The zero-order chi connectivity index (χ0) is 16.7. The third-order valence-electron chi connectivity index (χ3n) is 3.69. The maximum Gasteiger partial charge on any atom is 0.137 e. The highest BCUT2D eigenvalue weighted by atomic mass is 16.5. The van der Waals surface area contributed by atoms with Crippen molar-refractivity contribution in [3.63, 3.8) is 0 Å². The van der Waals surface area contributed by atoms with E-state index in [0.717, 1.165) is 31.9 Å². The van der Waals surface area contributed by atoms with E-state index in [0.29, 0.717) is 13.2 Å². The van der Waals surface area contributed by atoms with Crippen LogP contribution in [0.15, 0.2) is 54.9 Å². The number of benzene rings is 1. The van der Waals surface area contributed by atoms with Gasteiger partial charge in [-0.25, -0.2) is 0 Å². The molecule has 0 amide bonds. The average Bonchev–Trinajstić information content (AvgIpc) is 2.64. The fraction of sp³-hybridized carbons (Fsp3) is 0.450. The number of ether oxygens (including phenoxy) is 2. The Balaban J connectivity index is 1.32. The second kappa shape index (κ2) is 12.5. The summed E-state index contributed by atoms with van der Waals surface area (Å²) in [5, 5.41) is 3.48. The van der Waals surface area contributed by atoms with Gasteiger partial charge >= 0.3 is 0 Å². The summed E-state index contributed by atoms with van der Waals surface area (Å²) in [4.78, 5) is 4.00. The van der Waals surface area contributed by atoms with Gasteiger partial charge in [-0.2, -0.15) is 0 Å². The number of nitrogens with zero attached hydrogens (tertiary/aromatic N) is 1. The second-order valence-electron chi connectivity index (χ2n) is 5.73. The molecule has 1 aromatic heterocycles. The Morgan fingerprint density at radius 2 is 1.71 bits per heavy atom. The maximum atomic E-state index is 5.58. The van der Waals surface area contributed by atoms with Crippen LogP contribution in [0.3, 0.4) is 0 Å². The van der Waals surface area contributed by atoms with Gasteiger partial charge in [0.2, 0.25) is 0 Å². The van der Waals surface area contributed by atoms with Crippen LogP contribution in [-0.4, -0.2) is 31.3 Å². The standard InChI is InChI=1S/C20H28N2O2/c1(6-12-21-17-19-9-4-3-5-10-19)2-7-14-23-15-16-24-20-11-8-13-22-18-20/h3-5,8-11,13,18,21H,1-2,6-7,12,14-17H2. The lowest BCUT2D eigenvalue weighted by atomic mass is 10.2. The molecular weight excluding hydrogens is 300 g/mol. The Morgan fingerprint density at radius 1 is 0.833 bits per heavy atom. The normalized spacial score (nSPS) is 10.7. The summed E-state index contributed by atoms with van der Waals surface area (Å²) < 4.78 is 11.1. The van der Waals surface area contributed by atoms with Gasteiger partial charge in [-0.05, 0) is 37.1 Å². The first-order valence-corrected chi connectivity index (χ1v) is 8.80. The van der Waals surface area contributed by atoms with Crippen molar-refractivity contribution in [3.8, 4) is 5.75 Å². The molecule has 24 heavy (non-hydrogen) atoms. The largest absolute Gasteiger partial charge is 0.490 e. The zero-order valence-electron chi connectivity index (χ0n) is 14.3. The zero-order valence-corrected chi connectivity index (χ0v) is 14.3. The molecule has 0 unspecified atom stereocenters. The lowest BCUT2D eigenvalue weighted by Gasteiger charge is -2.07. The molecule has 0 bridgehead atoms. The van der Waals surface area contributed by atoms with E-state index < -0.39 is 0 Å². The van der Waals surface area contributed by atoms with E-state index in [1.54, 1.807) is 12.4 Å². The van der Waals surface area contributed by atoms with Gasteiger partial charge in [0.15, 0.2) is 0 Å². The van der Waals surface area contributed by atoms with Crippen LogP contribution in [0.2, 0.25) is 0 Å².